The number of ether oxygens (including phenoxy) is 1. The fraction of sp³-hybridized carbons (Fsp3) is 0.407. The number of nitrogens with zero attached hydrogens (tertiary/aromatic N) is 1. The van der Waals surface area contributed by atoms with Gasteiger partial charge >= 0.3 is 0 Å². The molecule has 1 aliphatic carbocycles. The molecule has 0 saturated carbocycles. The van der Waals surface area contributed by atoms with Gasteiger partial charge in [0.05, 0.1) is 16.2 Å². The Bertz CT molecular complexity index is 1080. The predicted molar refractivity (Wildman–Crippen MR) is 143 cm³/mol. The lowest BCUT2D eigenvalue weighted by atomic mass is 9.87. The third-order valence-corrected chi connectivity index (χ3v) is 6.77. The largest absolute Gasteiger partial charge is 0.482 e. The standard InChI is InChI=1S/C27H32FIN2O5/c1-17(2)13-25(33)31(16-18-7-9-20(28)10-8-18)22-14-19(27(35)30-11-12-32)15-24(26(22)34)36-23-6-4-3-5-21(23)29/h3-10,15,17,22,24,26,32,34H,11-14,16H2,1-2H3,(H,30,35)/t22-,24+,26+/m1/s1. The minimum absolute atomic E-state index is 0.0785. The third kappa shape index (κ3) is 7.50. The van der Waals surface area contributed by atoms with Gasteiger partial charge in [-0.05, 0) is 64.4 Å². The molecule has 0 aliphatic heterocycles. The quantitative estimate of drug-likeness (QED) is 0.359. The second-order valence-electron chi connectivity index (χ2n) is 9.19. The van der Waals surface area contributed by atoms with Crippen LogP contribution in [0.2, 0.25) is 0 Å². The van der Waals surface area contributed by atoms with Crippen LogP contribution >= 0.6 is 22.6 Å². The summed E-state index contributed by atoms with van der Waals surface area (Å²) in [5, 5.41) is 23.2. The van der Waals surface area contributed by atoms with E-state index >= 15 is 0 Å². The Hall–Kier alpha value is -2.50. The van der Waals surface area contributed by atoms with Crippen LogP contribution in [0.4, 0.5) is 4.39 Å². The molecule has 0 unspecified atom stereocenters. The van der Waals surface area contributed by atoms with Gasteiger partial charge in [-0.25, -0.2) is 4.39 Å². The van der Waals surface area contributed by atoms with Crippen molar-refractivity contribution in [3.05, 3.63) is 75.1 Å². The van der Waals surface area contributed by atoms with Crippen molar-refractivity contribution in [2.45, 2.75) is 51.5 Å². The molecule has 36 heavy (non-hydrogen) atoms. The van der Waals surface area contributed by atoms with Gasteiger partial charge in [0.2, 0.25) is 11.8 Å². The number of hydrogen-bond acceptors (Lipinski definition) is 5. The molecule has 3 atom stereocenters. The number of carbonyl (C=O) groups is 2. The monoisotopic (exact) mass is 610 g/mol. The van der Waals surface area contributed by atoms with Gasteiger partial charge in [0, 0.05) is 31.5 Å². The fourth-order valence-electron chi connectivity index (χ4n) is 4.11. The highest BCUT2D eigenvalue weighted by atomic mass is 127. The zero-order chi connectivity index (χ0) is 26.2. The molecule has 1 aliphatic rings. The van der Waals surface area contributed by atoms with Crippen molar-refractivity contribution in [2.24, 2.45) is 5.92 Å². The van der Waals surface area contributed by atoms with Crippen LogP contribution in [-0.4, -0.2) is 58.3 Å². The molecule has 2 aromatic rings. The number of carbonyl (C=O) groups excluding carboxylic acids is 2. The van der Waals surface area contributed by atoms with E-state index < -0.39 is 24.2 Å². The SMILES string of the molecule is CC(C)CC(=O)N(Cc1ccc(F)cc1)[C@@H]1CC(C(=O)NCCO)=C[C@H](Oc2ccccc2I)[C@H]1O. The van der Waals surface area contributed by atoms with E-state index in [1.165, 1.54) is 12.1 Å². The molecule has 0 heterocycles. The van der Waals surface area contributed by atoms with Crippen molar-refractivity contribution in [2.75, 3.05) is 13.2 Å². The summed E-state index contributed by atoms with van der Waals surface area (Å²) in [6, 6.07) is 12.4. The number of aliphatic hydroxyl groups is 2. The van der Waals surface area contributed by atoms with Crippen molar-refractivity contribution >= 4 is 34.4 Å². The van der Waals surface area contributed by atoms with Gasteiger partial charge in [0.15, 0.2) is 0 Å². The Morgan fingerprint density at radius 3 is 2.53 bits per heavy atom. The molecule has 0 fully saturated rings. The normalized spacial score (nSPS) is 19.5. The van der Waals surface area contributed by atoms with Crippen molar-refractivity contribution in [3.63, 3.8) is 0 Å². The molecule has 3 N–H and O–H groups in total. The summed E-state index contributed by atoms with van der Waals surface area (Å²) < 4.78 is 20.5. The molecule has 3 rings (SSSR count). The summed E-state index contributed by atoms with van der Waals surface area (Å²) in [5.41, 5.74) is 1.06. The summed E-state index contributed by atoms with van der Waals surface area (Å²) in [7, 11) is 0. The first-order valence-corrected chi connectivity index (χ1v) is 13.0. The van der Waals surface area contributed by atoms with Gasteiger partial charge in [-0.1, -0.05) is 38.1 Å². The molecular formula is C27H32FIN2O5. The summed E-state index contributed by atoms with van der Waals surface area (Å²) in [6.45, 7) is 3.88. The van der Waals surface area contributed by atoms with E-state index in [4.69, 9.17) is 9.84 Å². The average Bonchev–Trinajstić information content (AvgIpc) is 2.84. The van der Waals surface area contributed by atoms with Gasteiger partial charge in [-0.15, -0.1) is 0 Å². The Labute approximate surface area is 224 Å². The maximum atomic E-state index is 13.5. The first-order valence-electron chi connectivity index (χ1n) is 11.9. The van der Waals surface area contributed by atoms with Gasteiger partial charge < -0.3 is 25.2 Å². The van der Waals surface area contributed by atoms with E-state index in [1.54, 1.807) is 29.2 Å². The number of hydrogen-bond donors (Lipinski definition) is 3. The highest BCUT2D eigenvalue weighted by Gasteiger charge is 2.40. The second-order valence-corrected chi connectivity index (χ2v) is 10.4. The van der Waals surface area contributed by atoms with Crippen LogP contribution < -0.4 is 10.1 Å². The molecule has 0 aromatic heterocycles. The minimum atomic E-state index is -1.12. The van der Waals surface area contributed by atoms with Crippen LogP contribution in [0.3, 0.4) is 0 Å². The number of para-hydroxylation sites is 1. The summed E-state index contributed by atoms with van der Waals surface area (Å²) in [4.78, 5) is 27.8. The Balaban J connectivity index is 1.97. The smallest absolute Gasteiger partial charge is 0.247 e. The molecule has 7 nitrogen and oxygen atoms in total. The van der Waals surface area contributed by atoms with Crippen LogP contribution in [0.1, 0.15) is 32.3 Å². The van der Waals surface area contributed by atoms with Gasteiger partial charge in [0.1, 0.15) is 23.8 Å². The van der Waals surface area contributed by atoms with Crippen LogP contribution in [0, 0.1) is 15.3 Å². The lowest BCUT2D eigenvalue weighted by Crippen LogP contribution is -2.55. The molecule has 0 bridgehead atoms. The van der Waals surface area contributed by atoms with Gasteiger partial charge in [0.25, 0.3) is 0 Å². The molecule has 0 spiro atoms. The highest BCUT2D eigenvalue weighted by molar-refractivity contribution is 14.1. The number of halogens is 2. The second kappa shape index (κ2) is 13.2. The summed E-state index contributed by atoms with van der Waals surface area (Å²) >= 11 is 2.13. The van der Waals surface area contributed by atoms with Crippen LogP contribution in [0.15, 0.2) is 60.2 Å². The zero-order valence-electron chi connectivity index (χ0n) is 20.4. The molecular weight excluding hydrogens is 578 g/mol. The summed E-state index contributed by atoms with van der Waals surface area (Å²) in [6.07, 6.45) is -0.0682. The number of rotatable bonds is 10. The van der Waals surface area contributed by atoms with Gasteiger partial charge in [-0.3, -0.25) is 9.59 Å². The minimum Gasteiger partial charge on any atom is -0.482 e. The number of amides is 2. The van der Waals surface area contributed by atoms with E-state index in [-0.39, 0.29) is 50.2 Å². The maximum absolute atomic E-state index is 13.5. The first kappa shape index (κ1) is 28.1. The predicted octanol–water partition coefficient (Wildman–Crippen LogP) is 3.42. The first-order chi connectivity index (χ1) is 17.2. The molecule has 2 aromatic carbocycles. The topological polar surface area (TPSA) is 99.1 Å². The van der Waals surface area contributed by atoms with Crippen LogP contribution in [-0.2, 0) is 16.1 Å². The van der Waals surface area contributed by atoms with Crippen molar-refractivity contribution in [1.29, 1.82) is 0 Å². The van der Waals surface area contributed by atoms with E-state index in [0.29, 0.717) is 16.9 Å². The van der Waals surface area contributed by atoms with E-state index in [1.807, 2.05) is 32.0 Å². The number of aliphatic hydroxyl groups excluding tert-OH is 2. The number of nitrogens with one attached hydrogen (secondary N) is 1. The van der Waals surface area contributed by atoms with Crippen molar-refractivity contribution in [1.82, 2.24) is 10.2 Å². The van der Waals surface area contributed by atoms with E-state index in [9.17, 15) is 19.1 Å². The molecule has 0 radical (unpaired) electrons. The van der Waals surface area contributed by atoms with Crippen LogP contribution in [0.5, 0.6) is 5.75 Å². The molecule has 0 saturated heterocycles. The van der Waals surface area contributed by atoms with Crippen molar-refractivity contribution in [3.8, 4) is 5.75 Å². The third-order valence-electron chi connectivity index (χ3n) is 5.88. The number of benzene rings is 2. The molecule has 9 heteroatoms. The average molecular weight is 610 g/mol. The Morgan fingerprint density at radius 2 is 1.89 bits per heavy atom. The van der Waals surface area contributed by atoms with E-state index in [0.717, 1.165) is 3.57 Å². The highest BCUT2D eigenvalue weighted by Crippen LogP contribution is 2.31. The molecule has 2 amide bonds. The lowest BCUT2D eigenvalue weighted by molar-refractivity contribution is -0.140. The maximum Gasteiger partial charge on any atom is 0.247 e. The van der Waals surface area contributed by atoms with Crippen molar-refractivity contribution < 1.29 is 28.9 Å². The molecule has 194 valence electrons. The van der Waals surface area contributed by atoms with Crippen LogP contribution in [0.25, 0.3) is 0 Å². The lowest BCUT2D eigenvalue weighted by Gasteiger charge is -2.41. The Morgan fingerprint density at radius 1 is 1.19 bits per heavy atom. The Kier molecular flexibility index (Phi) is 10.3. The van der Waals surface area contributed by atoms with Gasteiger partial charge in [-0.2, -0.15) is 0 Å². The fourth-order valence-corrected chi connectivity index (χ4v) is 4.62. The zero-order valence-corrected chi connectivity index (χ0v) is 22.5. The summed E-state index contributed by atoms with van der Waals surface area (Å²) in [5.74, 6) is -0.325. The van der Waals surface area contributed by atoms with E-state index in [2.05, 4.69) is 27.9 Å².